The zero-order valence-electron chi connectivity index (χ0n) is 9.43. The lowest BCUT2D eigenvalue weighted by atomic mass is 10.1. The van der Waals surface area contributed by atoms with Gasteiger partial charge < -0.3 is 0 Å². The van der Waals surface area contributed by atoms with Gasteiger partial charge in [-0.25, -0.2) is 0 Å². The fourth-order valence-electron chi connectivity index (χ4n) is 1.73. The van der Waals surface area contributed by atoms with Crippen LogP contribution in [0.4, 0.5) is 0 Å². The summed E-state index contributed by atoms with van der Waals surface area (Å²) in [4.78, 5) is 2.94. The van der Waals surface area contributed by atoms with Gasteiger partial charge >= 0.3 is 0 Å². The molecule has 0 spiro atoms. The Bertz CT molecular complexity index is 550. The molecule has 1 atom stereocenters. The van der Waals surface area contributed by atoms with Gasteiger partial charge in [0.1, 0.15) is 0 Å². The van der Waals surface area contributed by atoms with Gasteiger partial charge in [-0.15, -0.1) is 11.3 Å². The zero-order valence-corrected chi connectivity index (χ0v) is 14.7. The maximum Gasteiger partial charge on any atom is 0.0741 e. The van der Waals surface area contributed by atoms with Crippen molar-refractivity contribution < 1.29 is 0 Å². The number of hydrogen-bond donors (Lipinski definition) is 0. The summed E-state index contributed by atoms with van der Waals surface area (Å²) in [5.74, 6) is 0. The molecule has 1 unspecified atom stereocenters. The molecule has 1 heterocycles. The first-order valence-electron chi connectivity index (χ1n) is 5.15. The Hall–Kier alpha value is 0.420. The highest BCUT2D eigenvalue weighted by Crippen LogP contribution is 2.39. The van der Waals surface area contributed by atoms with E-state index in [-0.39, 0.29) is 4.83 Å². The SMILES string of the molecule is Cc1cc(C)c(C(Br)c2ccc(I)c(Cl)c2)s1. The summed E-state index contributed by atoms with van der Waals surface area (Å²) in [6, 6.07) is 8.45. The second kappa shape index (κ2) is 5.59. The van der Waals surface area contributed by atoms with Crippen molar-refractivity contribution in [3.8, 4) is 0 Å². The number of alkyl halides is 1. The lowest BCUT2D eigenvalue weighted by Gasteiger charge is -2.10. The van der Waals surface area contributed by atoms with Crippen LogP contribution in [0.25, 0.3) is 0 Å². The molecule has 0 aliphatic heterocycles. The van der Waals surface area contributed by atoms with Crippen LogP contribution in [0.5, 0.6) is 0 Å². The maximum absolute atomic E-state index is 6.17. The first kappa shape index (κ1) is 13.8. The number of rotatable bonds is 2. The predicted octanol–water partition coefficient (Wildman–Crippen LogP) is 6.11. The fourth-order valence-corrected chi connectivity index (χ4v) is 4.23. The first-order valence-corrected chi connectivity index (χ1v) is 8.34. The van der Waals surface area contributed by atoms with Gasteiger partial charge in [-0.2, -0.15) is 0 Å². The van der Waals surface area contributed by atoms with E-state index in [9.17, 15) is 0 Å². The van der Waals surface area contributed by atoms with Crippen LogP contribution in [0.2, 0.25) is 5.02 Å². The van der Waals surface area contributed by atoms with E-state index in [1.807, 2.05) is 17.4 Å². The number of halogens is 3. The topological polar surface area (TPSA) is 0 Å². The van der Waals surface area contributed by atoms with E-state index >= 15 is 0 Å². The summed E-state index contributed by atoms with van der Waals surface area (Å²) in [5, 5.41) is 0.818. The molecular weight excluding hydrogens is 430 g/mol. The van der Waals surface area contributed by atoms with Crippen LogP contribution in [0.3, 0.4) is 0 Å². The molecule has 17 heavy (non-hydrogen) atoms. The smallest absolute Gasteiger partial charge is 0.0741 e. The molecule has 1 aromatic heterocycles. The van der Waals surface area contributed by atoms with Crippen LogP contribution in [0.15, 0.2) is 24.3 Å². The first-order chi connectivity index (χ1) is 7.99. The Balaban J connectivity index is 2.40. The number of hydrogen-bond acceptors (Lipinski definition) is 1. The van der Waals surface area contributed by atoms with Crippen LogP contribution in [-0.4, -0.2) is 0 Å². The van der Waals surface area contributed by atoms with Crippen molar-refractivity contribution in [2.75, 3.05) is 0 Å². The van der Waals surface area contributed by atoms with E-state index in [1.165, 1.54) is 20.9 Å². The summed E-state index contributed by atoms with van der Waals surface area (Å²) in [7, 11) is 0. The van der Waals surface area contributed by atoms with Crippen molar-refractivity contribution in [3.63, 3.8) is 0 Å². The van der Waals surface area contributed by atoms with E-state index in [1.54, 1.807) is 0 Å². The summed E-state index contributed by atoms with van der Waals surface area (Å²) in [6.45, 7) is 4.29. The van der Waals surface area contributed by atoms with Crippen LogP contribution in [-0.2, 0) is 0 Å². The molecule has 0 saturated heterocycles. The third-order valence-electron chi connectivity index (χ3n) is 2.55. The Kier molecular flexibility index (Phi) is 4.55. The second-order valence-corrected chi connectivity index (χ2v) is 7.71. The normalized spacial score (nSPS) is 12.8. The van der Waals surface area contributed by atoms with E-state index in [4.69, 9.17) is 11.6 Å². The molecule has 0 saturated carbocycles. The molecule has 0 amide bonds. The minimum absolute atomic E-state index is 0.232. The highest BCUT2D eigenvalue weighted by atomic mass is 127. The lowest BCUT2D eigenvalue weighted by Crippen LogP contribution is -1.92. The van der Waals surface area contributed by atoms with Crippen LogP contribution in [0, 0.1) is 17.4 Å². The summed E-state index contributed by atoms with van der Waals surface area (Å²) in [6.07, 6.45) is 0. The Labute approximate surface area is 133 Å². The molecule has 2 aromatic rings. The second-order valence-electron chi connectivity index (χ2n) is 3.94. The molecule has 0 aliphatic rings. The van der Waals surface area contributed by atoms with Gasteiger partial charge in [0.25, 0.3) is 0 Å². The molecule has 0 N–H and O–H groups in total. The Morgan fingerprint density at radius 1 is 1.29 bits per heavy atom. The molecule has 90 valence electrons. The van der Waals surface area contributed by atoms with Gasteiger partial charge in [0.05, 0.1) is 9.85 Å². The van der Waals surface area contributed by atoms with Gasteiger partial charge in [0.2, 0.25) is 0 Å². The van der Waals surface area contributed by atoms with Gasteiger partial charge in [-0.3, -0.25) is 0 Å². The highest BCUT2D eigenvalue weighted by Gasteiger charge is 2.16. The quantitative estimate of drug-likeness (QED) is 0.390. The van der Waals surface area contributed by atoms with Crippen molar-refractivity contribution in [3.05, 3.63) is 53.7 Å². The van der Waals surface area contributed by atoms with Gasteiger partial charge in [0.15, 0.2) is 0 Å². The lowest BCUT2D eigenvalue weighted by molar-refractivity contribution is 1.19. The molecule has 0 fully saturated rings. The largest absolute Gasteiger partial charge is 0.144 e. The standard InChI is InChI=1S/C13H11BrClIS/c1-7-5-8(2)17-13(7)12(14)9-3-4-11(16)10(15)6-9/h3-6,12H,1-2H3. The summed E-state index contributed by atoms with van der Waals surface area (Å²) < 4.78 is 1.09. The monoisotopic (exact) mass is 440 g/mol. The molecule has 0 bridgehead atoms. The van der Waals surface area contributed by atoms with E-state index < -0.39 is 0 Å². The maximum atomic E-state index is 6.17. The van der Waals surface area contributed by atoms with Gasteiger partial charge in [-0.05, 0) is 65.8 Å². The van der Waals surface area contributed by atoms with Crippen molar-refractivity contribution in [1.82, 2.24) is 0 Å². The zero-order chi connectivity index (χ0) is 12.6. The van der Waals surface area contributed by atoms with Gasteiger partial charge in [0, 0.05) is 13.3 Å². The number of aryl methyl sites for hydroxylation is 2. The summed E-state index contributed by atoms with van der Waals surface area (Å²) in [5.41, 5.74) is 2.55. The van der Waals surface area contributed by atoms with Crippen molar-refractivity contribution >= 4 is 61.5 Å². The molecule has 0 aliphatic carbocycles. The summed E-state index contributed by atoms with van der Waals surface area (Å²) >= 11 is 14.0. The number of thiophene rings is 1. The average Bonchev–Trinajstić information content (AvgIpc) is 2.61. The highest BCUT2D eigenvalue weighted by molar-refractivity contribution is 14.1. The molecule has 0 radical (unpaired) electrons. The third kappa shape index (κ3) is 3.06. The van der Waals surface area contributed by atoms with E-state index in [2.05, 4.69) is 70.6 Å². The predicted molar refractivity (Wildman–Crippen MR) is 88.7 cm³/mol. The number of benzene rings is 1. The van der Waals surface area contributed by atoms with Crippen molar-refractivity contribution in [2.45, 2.75) is 18.7 Å². The average molecular weight is 442 g/mol. The van der Waals surface area contributed by atoms with Crippen LogP contribution < -0.4 is 0 Å². The molecule has 1 aromatic carbocycles. The Morgan fingerprint density at radius 3 is 2.53 bits per heavy atom. The molecular formula is C13H11BrClIS. The van der Waals surface area contributed by atoms with E-state index in [0.29, 0.717) is 0 Å². The molecule has 2 rings (SSSR count). The Morgan fingerprint density at radius 2 is 2.00 bits per heavy atom. The van der Waals surface area contributed by atoms with Crippen molar-refractivity contribution in [2.24, 2.45) is 0 Å². The van der Waals surface area contributed by atoms with Crippen LogP contribution in [0.1, 0.15) is 25.7 Å². The fraction of sp³-hybridized carbons (Fsp3) is 0.231. The molecule has 4 heteroatoms. The minimum atomic E-state index is 0.232. The van der Waals surface area contributed by atoms with Crippen molar-refractivity contribution in [1.29, 1.82) is 0 Å². The minimum Gasteiger partial charge on any atom is -0.144 e. The van der Waals surface area contributed by atoms with E-state index in [0.717, 1.165) is 8.59 Å². The van der Waals surface area contributed by atoms with Crippen LogP contribution >= 0.6 is 61.5 Å². The van der Waals surface area contributed by atoms with Gasteiger partial charge in [-0.1, -0.05) is 33.6 Å². The molecule has 0 nitrogen and oxygen atoms in total. The third-order valence-corrected chi connectivity index (χ3v) is 6.63.